The van der Waals surface area contributed by atoms with E-state index >= 15 is 0 Å². The number of hydrogen-bond acceptors (Lipinski definition) is 6. The Morgan fingerprint density at radius 3 is 2.48 bits per heavy atom. The molecule has 1 atom stereocenters. The first-order valence-electron chi connectivity index (χ1n) is 7.64. The Morgan fingerprint density at radius 1 is 1.33 bits per heavy atom. The first-order valence-corrected chi connectivity index (χ1v) is 7.64. The van der Waals surface area contributed by atoms with Gasteiger partial charge >= 0.3 is 0 Å². The molecule has 1 aliphatic carbocycles. The van der Waals surface area contributed by atoms with Crippen molar-refractivity contribution in [3.05, 3.63) is 11.4 Å². The summed E-state index contributed by atoms with van der Waals surface area (Å²) < 4.78 is 0. The van der Waals surface area contributed by atoms with Crippen LogP contribution in [0.1, 0.15) is 57.3 Å². The van der Waals surface area contributed by atoms with E-state index in [2.05, 4.69) is 34.6 Å². The third-order valence-corrected chi connectivity index (χ3v) is 3.73. The van der Waals surface area contributed by atoms with Crippen molar-refractivity contribution in [3.8, 4) is 0 Å². The lowest BCUT2D eigenvalue weighted by Crippen LogP contribution is -2.35. The van der Waals surface area contributed by atoms with Crippen LogP contribution in [-0.2, 0) is 0 Å². The van der Waals surface area contributed by atoms with Gasteiger partial charge in [0.05, 0.1) is 5.60 Å². The van der Waals surface area contributed by atoms with Gasteiger partial charge in [0.1, 0.15) is 17.5 Å². The highest BCUT2D eigenvalue weighted by Crippen LogP contribution is 2.39. The third-order valence-electron chi connectivity index (χ3n) is 3.73. The molecule has 1 aliphatic rings. The number of anilines is 2. The molecule has 0 radical (unpaired) electrons. The molecule has 0 aromatic carbocycles. The number of nitrogens with zero attached hydrogens (tertiary/aromatic N) is 2. The van der Waals surface area contributed by atoms with Crippen LogP contribution in [0.3, 0.4) is 0 Å². The summed E-state index contributed by atoms with van der Waals surface area (Å²) in [5.41, 5.74) is 2.75. The molecule has 5 N–H and O–H groups in total. The van der Waals surface area contributed by atoms with E-state index in [1.54, 1.807) is 0 Å². The van der Waals surface area contributed by atoms with Crippen molar-refractivity contribution >= 4 is 11.6 Å². The predicted molar refractivity (Wildman–Crippen MR) is 85.1 cm³/mol. The second kappa shape index (κ2) is 6.15. The number of nitrogens with one attached hydrogen (secondary N) is 2. The average Bonchev–Trinajstić information content (AvgIpc) is 3.20. The minimum absolute atomic E-state index is 0.441. The van der Waals surface area contributed by atoms with Crippen LogP contribution in [0.15, 0.2) is 0 Å². The fourth-order valence-corrected chi connectivity index (χ4v) is 2.60. The van der Waals surface area contributed by atoms with Crippen LogP contribution in [0.5, 0.6) is 0 Å². The lowest BCUT2D eigenvalue weighted by molar-refractivity contribution is 0.0514. The Bertz CT molecular complexity index is 497. The van der Waals surface area contributed by atoms with E-state index in [1.165, 1.54) is 0 Å². The smallest absolute Gasteiger partial charge is 0.148 e. The zero-order valence-electron chi connectivity index (χ0n) is 13.4. The van der Waals surface area contributed by atoms with Gasteiger partial charge in [-0.05, 0) is 39.0 Å². The summed E-state index contributed by atoms with van der Waals surface area (Å²) in [5, 5.41) is 13.7. The molecule has 6 heteroatoms. The number of aliphatic hydroxyl groups is 1. The van der Waals surface area contributed by atoms with Crippen LogP contribution in [0.4, 0.5) is 11.6 Å². The highest BCUT2D eigenvalue weighted by molar-refractivity contribution is 5.57. The molecule has 1 fully saturated rings. The molecule has 0 aliphatic heterocycles. The van der Waals surface area contributed by atoms with E-state index in [1.807, 2.05) is 13.8 Å². The minimum Gasteiger partial charge on any atom is -0.388 e. The van der Waals surface area contributed by atoms with Gasteiger partial charge in [0.25, 0.3) is 0 Å². The van der Waals surface area contributed by atoms with Gasteiger partial charge < -0.3 is 15.8 Å². The van der Waals surface area contributed by atoms with Gasteiger partial charge in [-0.25, -0.2) is 15.8 Å². The van der Waals surface area contributed by atoms with E-state index in [9.17, 15) is 5.11 Å². The van der Waals surface area contributed by atoms with Crippen molar-refractivity contribution in [2.24, 2.45) is 11.8 Å². The molecule has 118 valence electrons. The second-order valence-electron chi connectivity index (χ2n) is 6.77. The summed E-state index contributed by atoms with van der Waals surface area (Å²) >= 11 is 0. The van der Waals surface area contributed by atoms with E-state index < -0.39 is 5.60 Å². The second-order valence-corrected chi connectivity index (χ2v) is 6.77. The highest BCUT2D eigenvalue weighted by Gasteiger charge is 2.29. The molecule has 0 amide bonds. The summed E-state index contributed by atoms with van der Waals surface area (Å²) in [6, 6.07) is 0. The lowest BCUT2D eigenvalue weighted by Gasteiger charge is -2.26. The van der Waals surface area contributed by atoms with Crippen LogP contribution >= 0.6 is 0 Å². The van der Waals surface area contributed by atoms with Crippen molar-refractivity contribution in [1.29, 1.82) is 0 Å². The monoisotopic (exact) mass is 293 g/mol. The molecule has 1 aromatic rings. The standard InChI is InChI=1S/C15H27N5O/c1-9(2)7-15(4,21)8-17-12-10(3)13(20-16)19-14(18-12)11-5-6-11/h9,11,21H,5-8,16H2,1-4H3,(H2,17,18,19,20). The maximum atomic E-state index is 10.4. The number of nitrogen functional groups attached to an aromatic ring is 1. The normalized spacial score (nSPS) is 17.7. The maximum Gasteiger partial charge on any atom is 0.148 e. The van der Waals surface area contributed by atoms with E-state index in [0.29, 0.717) is 24.2 Å². The Hall–Kier alpha value is -1.40. The van der Waals surface area contributed by atoms with Gasteiger partial charge in [0.2, 0.25) is 0 Å². The molecule has 6 nitrogen and oxygen atoms in total. The highest BCUT2D eigenvalue weighted by atomic mass is 16.3. The largest absolute Gasteiger partial charge is 0.388 e. The van der Waals surface area contributed by atoms with Crippen molar-refractivity contribution in [2.45, 2.75) is 58.5 Å². The number of aromatic nitrogens is 2. The van der Waals surface area contributed by atoms with Crippen LogP contribution in [-0.4, -0.2) is 27.2 Å². The number of rotatable bonds is 7. The molecule has 1 heterocycles. The van der Waals surface area contributed by atoms with Gasteiger partial charge in [-0.15, -0.1) is 0 Å². The Labute approximate surface area is 126 Å². The van der Waals surface area contributed by atoms with Crippen LogP contribution < -0.4 is 16.6 Å². The van der Waals surface area contributed by atoms with E-state index in [-0.39, 0.29) is 0 Å². The molecule has 21 heavy (non-hydrogen) atoms. The molecule has 0 saturated heterocycles. The number of hydrogen-bond donors (Lipinski definition) is 4. The average molecular weight is 293 g/mol. The molecule has 0 spiro atoms. The molecular weight excluding hydrogens is 266 g/mol. The van der Waals surface area contributed by atoms with Gasteiger partial charge in [-0.3, -0.25) is 0 Å². The quantitative estimate of drug-likeness (QED) is 0.454. The molecule has 1 aromatic heterocycles. The Morgan fingerprint density at radius 2 is 1.95 bits per heavy atom. The van der Waals surface area contributed by atoms with Crippen LogP contribution in [0, 0.1) is 12.8 Å². The van der Waals surface area contributed by atoms with Gasteiger partial charge in [-0.1, -0.05) is 13.8 Å². The van der Waals surface area contributed by atoms with E-state index in [0.717, 1.165) is 36.5 Å². The Kier molecular flexibility index (Phi) is 4.68. The molecule has 2 rings (SSSR count). The molecule has 1 saturated carbocycles. The first-order chi connectivity index (χ1) is 9.82. The third kappa shape index (κ3) is 4.28. The topological polar surface area (TPSA) is 96.1 Å². The van der Waals surface area contributed by atoms with Crippen LogP contribution in [0.25, 0.3) is 0 Å². The SMILES string of the molecule is Cc1c(NN)nc(C2CC2)nc1NCC(C)(O)CC(C)C. The fourth-order valence-electron chi connectivity index (χ4n) is 2.60. The fraction of sp³-hybridized carbons (Fsp3) is 0.733. The predicted octanol–water partition coefficient (Wildman–Crippen LogP) is 2.16. The Balaban J connectivity index is 2.13. The van der Waals surface area contributed by atoms with Crippen molar-refractivity contribution in [2.75, 3.05) is 17.3 Å². The van der Waals surface area contributed by atoms with Crippen LogP contribution in [0.2, 0.25) is 0 Å². The number of hydrazine groups is 1. The summed E-state index contributed by atoms with van der Waals surface area (Å²) in [6.07, 6.45) is 3.01. The lowest BCUT2D eigenvalue weighted by atomic mass is 9.94. The maximum absolute atomic E-state index is 10.4. The van der Waals surface area contributed by atoms with Crippen molar-refractivity contribution in [3.63, 3.8) is 0 Å². The van der Waals surface area contributed by atoms with Crippen molar-refractivity contribution < 1.29 is 5.11 Å². The van der Waals surface area contributed by atoms with Gasteiger partial charge in [0.15, 0.2) is 0 Å². The van der Waals surface area contributed by atoms with E-state index in [4.69, 9.17) is 5.84 Å². The summed E-state index contributed by atoms with van der Waals surface area (Å²) in [4.78, 5) is 9.05. The first kappa shape index (κ1) is 16.0. The zero-order valence-corrected chi connectivity index (χ0v) is 13.4. The zero-order chi connectivity index (χ0) is 15.6. The summed E-state index contributed by atoms with van der Waals surface area (Å²) in [6.45, 7) is 8.43. The molecule has 0 bridgehead atoms. The summed E-state index contributed by atoms with van der Waals surface area (Å²) in [5.74, 6) is 8.67. The van der Waals surface area contributed by atoms with Gasteiger partial charge in [-0.2, -0.15) is 0 Å². The summed E-state index contributed by atoms with van der Waals surface area (Å²) in [7, 11) is 0. The molecule has 1 unspecified atom stereocenters. The van der Waals surface area contributed by atoms with Crippen molar-refractivity contribution in [1.82, 2.24) is 9.97 Å². The molecular formula is C15H27N5O. The van der Waals surface area contributed by atoms with Gasteiger partial charge in [0, 0.05) is 18.0 Å². The number of nitrogens with two attached hydrogens (primary N) is 1. The minimum atomic E-state index is -0.762.